The van der Waals surface area contributed by atoms with Gasteiger partial charge in [-0.15, -0.1) is 0 Å². The lowest BCUT2D eigenvalue weighted by molar-refractivity contribution is -0.149. The van der Waals surface area contributed by atoms with Crippen LogP contribution in [-0.4, -0.2) is 12.1 Å². The van der Waals surface area contributed by atoms with Crippen molar-refractivity contribution in [3.05, 3.63) is 71.3 Å². The Morgan fingerprint density at radius 1 is 1.17 bits per heavy atom. The van der Waals surface area contributed by atoms with E-state index in [4.69, 9.17) is 4.74 Å². The third-order valence-electron chi connectivity index (χ3n) is 3.65. The number of hydrogen-bond acceptors (Lipinski definition) is 3. The monoisotopic (exact) mass is 350 g/mol. The van der Waals surface area contributed by atoms with Crippen molar-refractivity contribution >= 4 is 18.6 Å². The standard InChI is InChI=1S/C19H20F2O2S/c1-2-6-18(22)23-17(11-13-7-4-3-5-8-13)19(24)15-12-14(20)9-10-16(15)21/h3-5,7-10,12,17,19,24H,2,6,11H2,1H3. The molecular weight excluding hydrogens is 330 g/mol. The van der Waals surface area contributed by atoms with Gasteiger partial charge in [-0.25, -0.2) is 8.78 Å². The summed E-state index contributed by atoms with van der Waals surface area (Å²) in [5.41, 5.74) is 1.02. The van der Waals surface area contributed by atoms with E-state index in [-0.39, 0.29) is 18.0 Å². The number of halogens is 2. The number of rotatable bonds is 7. The molecular formula is C19H20F2O2S. The van der Waals surface area contributed by atoms with Gasteiger partial charge in [-0.1, -0.05) is 37.3 Å². The number of carbonyl (C=O) groups is 1. The van der Waals surface area contributed by atoms with Gasteiger partial charge in [0, 0.05) is 18.4 Å². The summed E-state index contributed by atoms with van der Waals surface area (Å²) in [7, 11) is 0. The van der Waals surface area contributed by atoms with E-state index in [9.17, 15) is 13.6 Å². The molecule has 0 radical (unpaired) electrons. The molecule has 0 aliphatic carbocycles. The Balaban J connectivity index is 2.26. The Labute approximate surface area is 146 Å². The van der Waals surface area contributed by atoms with Gasteiger partial charge in [-0.05, 0) is 30.2 Å². The summed E-state index contributed by atoms with van der Waals surface area (Å²) in [5.74, 6) is -1.49. The Morgan fingerprint density at radius 3 is 2.54 bits per heavy atom. The molecule has 2 atom stereocenters. The summed E-state index contributed by atoms with van der Waals surface area (Å²) in [6.45, 7) is 1.87. The summed E-state index contributed by atoms with van der Waals surface area (Å²) in [5, 5.41) is -0.762. The first-order valence-electron chi connectivity index (χ1n) is 7.87. The van der Waals surface area contributed by atoms with Crippen LogP contribution in [0.2, 0.25) is 0 Å². The average molecular weight is 350 g/mol. The molecule has 128 valence electrons. The highest BCUT2D eigenvalue weighted by atomic mass is 32.1. The minimum Gasteiger partial charge on any atom is -0.460 e. The van der Waals surface area contributed by atoms with Gasteiger partial charge in [0.15, 0.2) is 0 Å². The van der Waals surface area contributed by atoms with Crippen LogP contribution in [0.25, 0.3) is 0 Å². The van der Waals surface area contributed by atoms with E-state index in [1.54, 1.807) is 0 Å². The lowest BCUT2D eigenvalue weighted by Gasteiger charge is -2.24. The molecule has 0 aliphatic heterocycles. The molecule has 0 aromatic heterocycles. The smallest absolute Gasteiger partial charge is 0.306 e. The number of thiol groups is 1. The topological polar surface area (TPSA) is 26.3 Å². The maximum absolute atomic E-state index is 14.0. The fraction of sp³-hybridized carbons (Fsp3) is 0.316. The van der Waals surface area contributed by atoms with E-state index < -0.39 is 23.0 Å². The Bertz CT molecular complexity index is 676. The molecule has 0 bridgehead atoms. The lowest BCUT2D eigenvalue weighted by Crippen LogP contribution is -2.26. The molecule has 5 heteroatoms. The Kier molecular flexibility index (Phi) is 6.79. The maximum atomic E-state index is 14.0. The first kappa shape index (κ1) is 18.5. The Hall–Kier alpha value is -1.88. The van der Waals surface area contributed by atoms with Gasteiger partial charge in [-0.3, -0.25) is 4.79 Å². The molecule has 0 heterocycles. The molecule has 0 aliphatic rings. The normalized spacial score (nSPS) is 13.3. The second-order valence-corrected chi connectivity index (χ2v) is 6.14. The zero-order valence-electron chi connectivity index (χ0n) is 13.4. The number of carbonyl (C=O) groups excluding carboxylic acids is 1. The van der Waals surface area contributed by atoms with Crippen molar-refractivity contribution in [2.45, 2.75) is 37.5 Å². The lowest BCUT2D eigenvalue weighted by atomic mass is 10.00. The van der Waals surface area contributed by atoms with Crippen molar-refractivity contribution in [3.8, 4) is 0 Å². The van der Waals surface area contributed by atoms with E-state index in [1.165, 1.54) is 0 Å². The number of hydrogen-bond donors (Lipinski definition) is 1. The van der Waals surface area contributed by atoms with Crippen molar-refractivity contribution in [2.24, 2.45) is 0 Å². The highest BCUT2D eigenvalue weighted by Gasteiger charge is 2.26. The third kappa shape index (κ3) is 5.06. The van der Waals surface area contributed by atoms with E-state index in [0.29, 0.717) is 12.8 Å². The van der Waals surface area contributed by atoms with Gasteiger partial charge in [0.1, 0.15) is 17.7 Å². The number of esters is 1. The molecule has 0 N–H and O–H groups in total. The predicted octanol–water partition coefficient (Wildman–Crippen LogP) is 4.89. The van der Waals surface area contributed by atoms with Crippen LogP contribution < -0.4 is 0 Å². The minimum absolute atomic E-state index is 0.0866. The van der Waals surface area contributed by atoms with Crippen LogP contribution in [-0.2, 0) is 16.0 Å². The van der Waals surface area contributed by atoms with E-state index in [2.05, 4.69) is 12.6 Å². The van der Waals surface area contributed by atoms with Crippen LogP contribution in [0.1, 0.15) is 36.1 Å². The van der Waals surface area contributed by atoms with E-state index >= 15 is 0 Å². The summed E-state index contributed by atoms with van der Waals surface area (Å²) in [4.78, 5) is 11.9. The van der Waals surface area contributed by atoms with Gasteiger partial charge < -0.3 is 4.74 Å². The molecule has 2 aromatic carbocycles. The van der Waals surface area contributed by atoms with Crippen molar-refractivity contribution in [1.82, 2.24) is 0 Å². The SMILES string of the molecule is CCCC(=O)OC(Cc1ccccc1)C(S)c1cc(F)ccc1F. The summed E-state index contributed by atoms with van der Waals surface area (Å²) < 4.78 is 33.0. The van der Waals surface area contributed by atoms with Crippen LogP contribution in [0, 0.1) is 11.6 Å². The molecule has 0 amide bonds. The highest BCUT2D eigenvalue weighted by molar-refractivity contribution is 7.80. The number of benzene rings is 2. The predicted molar refractivity (Wildman–Crippen MR) is 93.0 cm³/mol. The van der Waals surface area contributed by atoms with Crippen molar-refractivity contribution < 1.29 is 18.3 Å². The molecule has 2 aromatic rings. The van der Waals surface area contributed by atoms with Crippen molar-refractivity contribution in [2.75, 3.05) is 0 Å². The molecule has 0 saturated heterocycles. The summed E-state index contributed by atoms with van der Waals surface area (Å²) >= 11 is 4.42. The van der Waals surface area contributed by atoms with Crippen LogP contribution >= 0.6 is 12.6 Å². The summed E-state index contributed by atoms with van der Waals surface area (Å²) in [6, 6.07) is 12.6. The van der Waals surface area contributed by atoms with Crippen LogP contribution in [0.3, 0.4) is 0 Å². The van der Waals surface area contributed by atoms with Crippen LogP contribution in [0.5, 0.6) is 0 Å². The van der Waals surface area contributed by atoms with Crippen LogP contribution in [0.4, 0.5) is 8.78 Å². The fourth-order valence-corrected chi connectivity index (χ4v) is 2.80. The maximum Gasteiger partial charge on any atom is 0.306 e. The third-order valence-corrected chi connectivity index (χ3v) is 4.26. The zero-order valence-corrected chi connectivity index (χ0v) is 14.3. The molecule has 0 spiro atoms. The second kappa shape index (κ2) is 8.83. The van der Waals surface area contributed by atoms with Crippen molar-refractivity contribution in [1.29, 1.82) is 0 Å². The quantitative estimate of drug-likeness (QED) is 0.568. The largest absolute Gasteiger partial charge is 0.460 e. The Morgan fingerprint density at radius 2 is 1.88 bits per heavy atom. The second-order valence-electron chi connectivity index (χ2n) is 5.58. The summed E-state index contributed by atoms with van der Waals surface area (Å²) in [6.07, 6.45) is 0.617. The molecule has 0 saturated carbocycles. The first-order chi connectivity index (χ1) is 11.5. The van der Waals surface area contributed by atoms with Gasteiger partial charge in [0.05, 0.1) is 5.25 Å². The molecule has 2 rings (SSSR count). The minimum atomic E-state index is -0.762. The van der Waals surface area contributed by atoms with Crippen LogP contribution in [0.15, 0.2) is 48.5 Å². The van der Waals surface area contributed by atoms with Gasteiger partial charge in [-0.2, -0.15) is 12.6 Å². The van der Waals surface area contributed by atoms with Crippen molar-refractivity contribution in [3.63, 3.8) is 0 Å². The first-order valence-corrected chi connectivity index (χ1v) is 8.39. The van der Waals surface area contributed by atoms with Gasteiger partial charge >= 0.3 is 5.97 Å². The zero-order chi connectivity index (χ0) is 17.5. The molecule has 2 nitrogen and oxygen atoms in total. The molecule has 2 unspecified atom stereocenters. The molecule has 0 fully saturated rings. The average Bonchev–Trinajstić information content (AvgIpc) is 2.57. The van der Waals surface area contributed by atoms with Gasteiger partial charge in [0.25, 0.3) is 0 Å². The molecule has 24 heavy (non-hydrogen) atoms. The van der Waals surface area contributed by atoms with Gasteiger partial charge in [0.2, 0.25) is 0 Å². The van der Waals surface area contributed by atoms with E-state index in [1.807, 2.05) is 37.3 Å². The van der Waals surface area contributed by atoms with E-state index in [0.717, 1.165) is 23.8 Å². The highest BCUT2D eigenvalue weighted by Crippen LogP contribution is 2.31. The fourth-order valence-electron chi connectivity index (χ4n) is 2.44. The number of ether oxygens (including phenoxy) is 1.